The van der Waals surface area contributed by atoms with Crippen LogP contribution in [0.4, 0.5) is 0 Å². The van der Waals surface area contributed by atoms with Gasteiger partial charge in [0.05, 0.1) is 5.60 Å². The van der Waals surface area contributed by atoms with Gasteiger partial charge in [0.25, 0.3) is 0 Å². The van der Waals surface area contributed by atoms with Crippen molar-refractivity contribution in [2.75, 3.05) is 0 Å². The van der Waals surface area contributed by atoms with Crippen molar-refractivity contribution in [1.82, 2.24) is 0 Å². The van der Waals surface area contributed by atoms with Crippen molar-refractivity contribution >= 4 is 0 Å². The minimum absolute atomic E-state index is 0.484. The highest BCUT2D eigenvalue weighted by atomic mass is 16.3. The summed E-state index contributed by atoms with van der Waals surface area (Å²) in [5, 5.41) is 10.3. The first-order valence-electron chi connectivity index (χ1n) is 6.50. The van der Waals surface area contributed by atoms with Gasteiger partial charge in [-0.3, -0.25) is 0 Å². The maximum atomic E-state index is 10.3. The minimum atomic E-state index is -0.656. The Balaban J connectivity index is 2.36. The molecule has 90 valence electrons. The Kier molecular flexibility index (Phi) is 3.00. The first-order chi connectivity index (χ1) is 7.39. The summed E-state index contributed by atoms with van der Waals surface area (Å²) in [6.07, 6.45) is 8.34. The number of aliphatic hydroxyl groups is 1. The smallest absolute Gasteiger partial charge is 0.0806 e. The maximum absolute atomic E-state index is 10.3. The summed E-state index contributed by atoms with van der Waals surface area (Å²) in [7, 11) is 0. The van der Waals surface area contributed by atoms with Gasteiger partial charge in [-0.25, -0.2) is 0 Å². The molecular formula is C15H24O. The molecule has 0 aromatic carbocycles. The van der Waals surface area contributed by atoms with Crippen molar-refractivity contribution in [2.45, 2.75) is 52.6 Å². The predicted octanol–water partition coefficient (Wildman–Crippen LogP) is 3.70. The molecule has 0 aliphatic heterocycles. The summed E-state index contributed by atoms with van der Waals surface area (Å²) in [5.74, 6) is 1.99. The third kappa shape index (κ3) is 2.10. The van der Waals surface area contributed by atoms with Crippen LogP contribution in [0, 0.1) is 17.8 Å². The van der Waals surface area contributed by atoms with Gasteiger partial charge in [0.1, 0.15) is 0 Å². The highest BCUT2D eigenvalue weighted by Gasteiger charge is 2.38. The molecule has 2 aliphatic rings. The van der Waals surface area contributed by atoms with E-state index in [0.717, 1.165) is 18.3 Å². The van der Waals surface area contributed by atoms with E-state index in [9.17, 15) is 5.11 Å². The molecular weight excluding hydrogens is 196 g/mol. The Hall–Kier alpha value is -0.560. The molecule has 3 unspecified atom stereocenters. The summed E-state index contributed by atoms with van der Waals surface area (Å²) in [5.41, 5.74) is 2.08. The molecule has 16 heavy (non-hydrogen) atoms. The SMILES string of the molecule is CC1=CC2C(C(C)(C)O)=CCC(C)C2CC1. The Morgan fingerprint density at radius 1 is 1.38 bits per heavy atom. The zero-order chi connectivity index (χ0) is 11.9. The van der Waals surface area contributed by atoms with Crippen molar-refractivity contribution in [3.63, 3.8) is 0 Å². The third-order valence-corrected chi connectivity index (χ3v) is 4.30. The summed E-state index contributed by atoms with van der Waals surface area (Å²) in [4.78, 5) is 0. The van der Waals surface area contributed by atoms with Crippen LogP contribution < -0.4 is 0 Å². The molecule has 0 fully saturated rings. The lowest BCUT2D eigenvalue weighted by atomic mass is 9.64. The summed E-state index contributed by atoms with van der Waals surface area (Å²) in [6, 6.07) is 0. The van der Waals surface area contributed by atoms with E-state index in [2.05, 4.69) is 26.0 Å². The minimum Gasteiger partial charge on any atom is -0.386 e. The van der Waals surface area contributed by atoms with Gasteiger partial charge < -0.3 is 5.11 Å². The largest absolute Gasteiger partial charge is 0.386 e. The van der Waals surface area contributed by atoms with E-state index in [1.165, 1.54) is 24.0 Å². The molecule has 0 aromatic heterocycles. The number of allylic oxidation sites excluding steroid dienone is 3. The molecule has 0 aromatic rings. The number of hydrogen-bond acceptors (Lipinski definition) is 1. The van der Waals surface area contributed by atoms with Crippen LogP contribution in [-0.4, -0.2) is 10.7 Å². The third-order valence-electron chi connectivity index (χ3n) is 4.30. The molecule has 3 atom stereocenters. The van der Waals surface area contributed by atoms with Crippen LogP contribution in [0.3, 0.4) is 0 Å². The summed E-state index contributed by atoms with van der Waals surface area (Å²) in [6.45, 7) is 8.41. The molecule has 1 nitrogen and oxygen atoms in total. The number of rotatable bonds is 1. The van der Waals surface area contributed by atoms with Crippen LogP contribution in [0.25, 0.3) is 0 Å². The Bertz CT molecular complexity index is 330. The lowest BCUT2D eigenvalue weighted by Gasteiger charge is -2.42. The number of hydrogen-bond donors (Lipinski definition) is 1. The second-order valence-corrected chi connectivity index (χ2v) is 6.17. The molecule has 0 heterocycles. The lowest BCUT2D eigenvalue weighted by molar-refractivity contribution is 0.0923. The van der Waals surface area contributed by atoms with Gasteiger partial charge in [0.2, 0.25) is 0 Å². The van der Waals surface area contributed by atoms with E-state index in [1.54, 1.807) is 0 Å². The lowest BCUT2D eigenvalue weighted by Crippen LogP contribution is -2.36. The van der Waals surface area contributed by atoms with E-state index >= 15 is 0 Å². The average Bonchev–Trinajstić information content (AvgIpc) is 2.15. The Morgan fingerprint density at radius 2 is 2.06 bits per heavy atom. The number of fused-ring (bicyclic) bond motifs is 1. The second-order valence-electron chi connectivity index (χ2n) is 6.17. The van der Waals surface area contributed by atoms with Crippen molar-refractivity contribution in [2.24, 2.45) is 17.8 Å². The van der Waals surface area contributed by atoms with Crippen LogP contribution in [0.5, 0.6) is 0 Å². The fourth-order valence-corrected chi connectivity index (χ4v) is 3.33. The van der Waals surface area contributed by atoms with Crippen LogP contribution in [0.15, 0.2) is 23.3 Å². The average molecular weight is 220 g/mol. The van der Waals surface area contributed by atoms with Gasteiger partial charge in [0.15, 0.2) is 0 Å². The van der Waals surface area contributed by atoms with Crippen molar-refractivity contribution in [3.05, 3.63) is 23.3 Å². The van der Waals surface area contributed by atoms with E-state index in [-0.39, 0.29) is 0 Å². The van der Waals surface area contributed by atoms with Crippen molar-refractivity contribution in [1.29, 1.82) is 0 Å². The first-order valence-corrected chi connectivity index (χ1v) is 6.50. The highest BCUT2D eigenvalue weighted by molar-refractivity contribution is 5.29. The normalized spacial score (nSPS) is 35.2. The zero-order valence-corrected chi connectivity index (χ0v) is 11.0. The monoisotopic (exact) mass is 220 g/mol. The van der Waals surface area contributed by atoms with E-state index < -0.39 is 5.60 Å². The molecule has 0 spiro atoms. The molecule has 2 aliphatic carbocycles. The van der Waals surface area contributed by atoms with Crippen LogP contribution >= 0.6 is 0 Å². The van der Waals surface area contributed by atoms with E-state index in [0.29, 0.717) is 5.92 Å². The fraction of sp³-hybridized carbons (Fsp3) is 0.733. The molecule has 1 heteroatoms. The van der Waals surface area contributed by atoms with E-state index in [4.69, 9.17) is 0 Å². The van der Waals surface area contributed by atoms with Gasteiger partial charge >= 0.3 is 0 Å². The molecule has 0 bridgehead atoms. The first kappa shape index (κ1) is 11.9. The van der Waals surface area contributed by atoms with Gasteiger partial charge in [-0.2, -0.15) is 0 Å². The van der Waals surface area contributed by atoms with Crippen LogP contribution in [0.1, 0.15) is 47.0 Å². The predicted molar refractivity (Wildman–Crippen MR) is 68.1 cm³/mol. The standard InChI is InChI=1S/C15H24O/c1-10-5-7-12-11(2)6-8-14(13(12)9-10)15(3,4)16/h8-9,11-13,16H,5-7H2,1-4H3. The van der Waals surface area contributed by atoms with Gasteiger partial charge in [-0.05, 0) is 57.4 Å². The molecule has 0 saturated carbocycles. The van der Waals surface area contributed by atoms with Gasteiger partial charge in [-0.1, -0.05) is 24.6 Å². The zero-order valence-electron chi connectivity index (χ0n) is 11.0. The van der Waals surface area contributed by atoms with Crippen molar-refractivity contribution < 1.29 is 5.11 Å². The van der Waals surface area contributed by atoms with E-state index in [1.807, 2.05) is 13.8 Å². The summed E-state index contributed by atoms with van der Waals surface area (Å²) < 4.78 is 0. The van der Waals surface area contributed by atoms with Crippen LogP contribution in [-0.2, 0) is 0 Å². The van der Waals surface area contributed by atoms with Gasteiger partial charge in [-0.15, -0.1) is 0 Å². The van der Waals surface area contributed by atoms with Crippen molar-refractivity contribution in [3.8, 4) is 0 Å². The maximum Gasteiger partial charge on any atom is 0.0806 e. The highest BCUT2D eigenvalue weighted by Crippen LogP contribution is 2.45. The second kappa shape index (κ2) is 4.03. The quantitative estimate of drug-likeness (QED) is 0.668. The summed E-state index contributed by atoms with van der Waals surface area (Å²) >= 11 is 0. The molecule has 1 N–H and O–H groups in total. The molecule has 0 saturated heterocycles. The Labute approximate surface area is 99.3 Å². The molecule has 2 rings (SSSR count). The van der Waals surface area contributed by atoms with Gasteiger partial charge in [0, 0.05) is 5.92 Å². The molecule has 0 radical (unpaired) electrons. The Morgan fingerprint density at radius 3 is 2.69 bits per heavy atom. The topological polar surface area (TPSA) is 20.2 Å². The van der Waals surface area contributed by atoms with Crippen LogP contribution in [0.2, 0.25) is 0 Å². The molecule has 0 amide bonds. The fourth-order valence-electron chi connectivity index (χ4n) is 3.33.